The van der Waals surface area contributed by atoms with Gasteiger partial charge in [-0.05, 0) is 52.3 Å². The summed E-state index contributed by atoms with van der Waals surface area (Å²) in [4.78, 5) is 24.0. The van der Waals surface area contributed by atoms with Gasteiger partial charge in [-0.15, -0.1) is 0 Å². The molecule has 140 valence electrons. The van der Waals surface area contributed by atoms with Gasteiger partial charge in [0.05, 0.1) is 6.10 Å². The van der Waals surface area contributed by atoms with Crippen molar-refractivity contribution in [3.8, 4) is 0 Å². The predicted molar refractivity (Wildman–Crippen MR) is 87.8 cm³/mol. The molecule has 1 atom stereocenters. The van der Waals surface area contributed by atoms with Gasteiger partial charge in [0.15, 0.2) is 11.6 Å². The van der Waals surface area contributed by atoms with E-state index in [2.05, 4.69) is 10.6 Å². The summed E-state index contributed by atoms with van der Waals surface area (Å²) in [6, 6.07) is 2.97. The van der Waals surface area contributed by atoms with E-state index in [1.165, 1.54) is 19.9 Å². The Morgan fingerprint density at radius 1 is 1.16 bits per heavy atom. The van der Waals surface area contributed by atoms with Gasteiger partial charge < -0.3 is 20.5 Å². The van der Waals surface area contributed by atoms with Crippen molar-refractivity contribution in [3.05, 3.63) is 35.4 Å². The first-order valence-electron chi connectivity index (χ1n) is 7.74. The molecule has 3 N–H and O–H groups in total. The van der Waals surface area contributed by atoms with Crippen LogP contribution in [0.2, 0.25) is 0 Å². The molecule has 0 fully saturated rings. The summed E-state index contributed by atoms with van der Waals surface area (Å²) in [5.74, 6) is -2.68. The van der Waals surface area contributed by atoms with Crippen molar-refractivity contribution in [3.63, 3.8) is 0 Å². The molecule has 0 aliphatic heterocycles. The number of carbonyl (C=O) groups is 2. The van der Waals surface area contributed by atoms with Crippen LogP contribution in [0.1, 0.15) is 46.3 Å². The number of aliphatic hydroxyl groups excluding tert-OH is 1. The van der Waals surface area contributed by atoms with Crippen LogP contribution in [0.25, 0.3) is 0 Å². The Labute approximate surface area is 145 Å². The van der Waals surface area contributed by atoms with Crippen LogP contribution in [0.4, 0.5) is 13.6 Å². The van der Waals surface area contributed by atoms with Gasteiger partial charge in [0.1, 0.15) is 11.1 Å². The monoisotopic (exact) mass is 358 g/mol. The van der Waals surface area contributed by atoms with Crippen LogP contribution in [0.3, 0.4) is 0 Å². The molecule has 0 heterocycles. The lowest BCUT2D eigenvalue weighted by Crippen LogP contribution is -2.56. The number of halogens is 2. The third kappa shape index (κ3) is 6.66. The third-order valence-electron chi connectivity index (χ3n) is 3.17. The van der Waals surface area contributed by atoms with Gasteiger partial charge in [-0.1, -0.05) is 6.07 Å². The molecule has 1 rings (SSSR count). The SMILES string of the molecule is CC(C)(C)OC(=O)NC(C)(C)C(=O)NC[C@@H](O)c1ccc(F)c(F)c1. The summed E-state index contributed by atoms with van der Waals surface area (Å²) in [6.07, 6.45) is -1.98. The van der Waals surface area contributed by atoms with Gasteiger partial charge in [0.25, 0.3) is 0 Å². The number of ether oxygens (including phenoxy) is 1. The largest absolute Gasteiger partial charge is 0.444 e. The highest BCUT2D eigenvalue weighted by Crippen LogP contribution is 2.16. The number of alkyl carbamates (subject to hydrolysis) is 1. The summed E-state index contributed by atoms with van der Waals surface area (Å²) in [7, 11) is 0. The lowest BCUT2D eigenvalue weighted by molar-refractivity contribution is -0.126. The van der Waals surface area contributed by atoms with E-state index in [-0.39, 0.29) is 12.1 Å². The standard InChI is InChI=1S/C17H24F2N2O4/c1-16(2,3)25-15(24)21-17(4,5)14(23)20-9-13(22)10-6-7-11(18)12(19)8-10/h6-8,13,22H,9H2,1-5H3,(H,20,23)(H,21,24)/t13-/m1/s1. The highest BCUT2D eigenvalue weighted by Gasteiger charge is 2.31. The molecule has 2 amide bonds. The second-order valence-corrected chi connectivity index (χ2v) is 7.15. The van der Waals surface area contributed by atoms with Crippen LogP contribution < -0.4 is 10.6 Å². The minimum Gasteiger partial charge on any atom is -0.444 e. The van der Waals surface area contributed by atoms with Crippen molar-refractivity contribution in [1.29, 1.82) is 0 Å². The molecule has 1 aromatic rings. The van der Waals surface area contributed by atoms with E-state index in [4.69, 9.17) is 4.74 Å². The quantitative estimate of drug-likeness (QED) is 0.754. The van der Waals surface area contributed by atoms with Gasteiger partial charge in [-0.2, -0.15) is 0 Å². The molecular formula is C17H24F2N2O4. The number of carbonyl (C=O) groups excluding carboxylic acids is 2. The molecule has 0 aliphatic carbocycles. The van der Waals surface area contributed by atoms with Gasteiger partial charge in [0, 0.05) is 6.54 Å². The number of hydrogen-bond donors (Lipinski definition) is 3. The molecule has 0 bridgehead atoms. The van der Waals surface area contributed by atoms with Crippen molar-refractivity contribution < 1.29 is 28.2 Å². The second-order valence-electron chi connectivity index (χ2n) is 7.15. The average molecular weight is 358 g/mol. The Morgan fingerprint density at radius 2 is 1.76 bits per heavy atom. The summed E-state index contributed by atoms with van der Waals surface area (Å²) in [5.41, 5.74) is -1.88. The number of nitrogens with one attached hydrogen (secondary N) is 2. The average Bonchev–Trinajstić information content (AvgIpc) is 2.44. The number of amides is 2. The molecule has 0 unspecified atom stereocenters. The lowest BCUT2D eigenvalue weighted by Gasteiger charge is -2.28. The first-order chi connectivity index (χ1) is 11.3. The Bertz CT molecular complexity index is 642. The third-order valence-corrected chi connectivity index (χ3v) is 3.17. The molecule has 1 aromatic carbocycles. The second kappa shape index (κ2) is 7.77. The smallest absolute Gasteiger partial charge is 0.408 e. The number of hydrogen-bond acceptors (Lipinski definition) is 4. The fraction of sp³-hybridized carbons (Fsp3) is 0.529. The van der Waals surface area contributed by atoms with E-state index in [1.807, 2.05) is 0 Å². The van der Waals surface area contributed by atoms with Crippen LogP contribution in [0.15, 0.2) is 18.2 Å². The molecule has 0 saturated heterocycles. The molecule has 0 spiro atoms. The molecular weight excluding hydrogens is 334 g/mol. The van der Waals surface area contributed by atoms with E-state index >= 15 is 0 Å². The summed E-state index contributed by atoms with van der Waals surface area (Å²) in [5, 5.41) is 14.8. The maximum atomic E-state index is 13.2. The van der Waals surface area contributed by atoms with E-state index in [9.17, 15) is 23.5 Å². The zero-order valence-electron chi connectivity index (χ0n) is 14.9. The first kappa shape index (κ1) is 20.8. The van der Waals surface area contributed by atoms with Crippen LogP contribution in [0.5, 0.6) is 0 Å². The molecule has 0 aromatic heterocycles. The van der Waals surface area contributed by atoms with Crippen molar-refractivity contribution in [2.75, 3.05) is 6.54 Å². The maximum Gasteiger partial charge on any atom is 0.408 e. The molecule has 8 heteroatoms. The number of benzene rings is 1. The zero-order chi connectivity index (χ0) is 19.4. The zero-order valence-corrected chi connectivity index (χ0v) is 14.9. The Hall–Kier alpha value is -2.22. The molecule has 0 saturated carbocycles. The minimum atomic E-state index is -1.30. The van der Waals surface area contributed by atoms with Crippen molar-refractivity contribution in [2.45, 2.75) is 51.9 Å². The maximum absolute atomic E-state index is 13.2. The van der Waals surface area contributed by atoms with E-state index in [1.54, 1.807) is 20.8 Å². The van der Waals surface area contributed by atoms with Crippen LogP contribution in [-0.4, -0.2) is 34.8 Å². The van der Waals surface area contributed by atoms with Crippen molar-refractivity contribution >= 4 is 12.0 Å². The normalized spacial score (nSPS) is 13.1. The highest BCUT2D eigenvalue weighted by atomic mass is 19.2. The highest BCUT2D eigenvalue weighted by molar-refractivity contribution is 5.89. The Morgan fingerprint density at radius 3 is 2.28 bits per heavy atom. The van der Waals surface area contributed by atoms with Crippen LogP contribution in [-0.2, 0) is 9.53 Å². The summed E-state index contributed by atoms with van der Waals surface area (Å²) in [6.45, 7) is 7.78. The first-order valence-corrected chi connectivity index (χ1v) is 7.74. The molecule has 6 nitrogen and oxygen atoms in total. The molecule has 0 radical (unpaired) electrons. The summed E-state index contributed by atoms with van der Waals surface area (Å²) < 4.78 is 31.2. The fourth-order valence-corrected chi connectivity index (χ4v) is 1.86. The Kier molecular flexibility index (Phi) is 6.48. The molecule has 0 aliphatic rings. The van der Waals surface area contributed by atoms with Gasteiger partial charge in [-0.3, -0.25) is 4.79 Å². The topological polar surface area (TPSA) is 87.7 Å². The van der Waals surface area contributed by atoms with Gasteiger partial charge in [0.2, 0.25) is 5.91 Å². The molecule has 25 heavy (non-hydrogen) atoms. The van der Waals surface area contributed by atoms with Crippen LogP contribution in [0, 0.1) is 11.6 Å². The van der Waals surface area contributed by atoms with E-state index < -0.39 is 40.9 Å². The number of aliphatic hydroxyl groups is 1. The van der Waals surface area contributed by atoms with Gasteiger partial charge >= 0.3 is 6.09 Å². The fourth-order valence-electron chi connectivity index (χ4n) is 1.86. The van der Waals surface area contributed by atoms with Crippen LogP contribution >= 0.6 is 0 Å². The Balaban J connectivity index is 2.61. The summed E-state index contributed by atoms with van der Waals surface area (Å²) >= 11 is 0. The predicted octanol–water partition coefficient (Wildman–Crippen LogP) is 2.42. The van der Waals surface area contributed by atoms with E-state index in [0.717, 1.165) is 12.1 Å². The minimum absolute atomic E-state index is 0.122. The van der Waals surface area contributed by atoms with Gasteiger partial charge in [-0.25, -0.2) is 13.6 Å². The van der Waals surface area contributed by atoms with Crippen molar-refractivity contribution in [2.24, 2.45) is 0 Å². The lowest BCUT2D eigenvalue weighted by atomic mass is 10.0. The van der Waals surface area contributed by atoms with E-state index in [0.29, 0.717) is 0 Å². The number of rotatable bonds is 5. The van der Waals surface area contributed by atoms with Crippen molar-refractivity contribution in [1.82, 2.24) is 10.6 Å².